The minimum absolute atomic E-state index is 0.0524. The molecule has 1 unspecified atom stereocenters. The summed E-state index contributed by atoms with van der Waals surface area (Å²) in [5, 5.41) is 3.09. The molecule has 1 aromatic carbocycles. The number of carbonyl (C=O) groups is 2. The van der Waals surface area contributed by atoms with E-state index in [1.54, 1.807) is 4.90 Å². The predicted molar refractivity (Wildman–Crippen MR) is 85.7 cm³/mol. The maximum absolute atomic E-state index is 12.3. The highest BCUT2D eigenvalue weighted by Gasteiger charge is 2.30. The van der Waals surface area contributed by atoms with Crippen molar-refractivity contribution in [3.8, 4) is 0 Å². The van der Waals surface area contributed by atoms with E-state index >= 15 is 0 Å². The lowest BCUT2D eigenvalue weighted by molar-refractivity contribution is -0.149. The molecule has 1 aromatic rings. The van der Waals surface area contributed by atoms with E-state index in [0.29, 0.717) is 32.8 Å². The Morgan fingerprint density at radius 3 is 2.87 bits per heavy atom. The van der Waals surface area contributed by atoms with E-state index in [4.69, 9.17) is 9.47 Å². The van der Waals surface area contributed by atoms with Gasteiger partial charge in [-0.1, -0.05) is 30.3 Å². The molecule has 0 saturated carbocycles. The summed E-state index contributed by atoms with van der Waals surface area (Å²) in [7, 11) is 0. The highest BCUT2D eigenvalue weighted by atomic mass is 16.5. The Labute approximate surface area is 136 Å². The second-order valence-electron chi connectivity index (χ2n) is 5.38. The summed E-state index contributed by atoms with van der Waals surface area (Å²) in [6.07, 6.45) is 0.0524. The van der Waals surface area contributed by atoms with Gasteiger partial charge in [0.15, 0.2) is 0 Å². The maximum Gasteiger partial charge on any atom is 0.308 e. The van der Waals surface area contributed by atoms with Crippen LogP contribution in [0.4, 0.5) is 0 Å². The van der Waals surface area contributed by atoms with Gasteiger partial charge in [0.2, 0.25) is 5.91 Å². The molecule has 0 radical (unpaired) electrons. The van der Waals surface area contributed by atoms with Gasteiger partial charge in [-0.2, -0.15) is 0 Å². The smallest absolute Gasteiger partial charge is 0.308 e. The number of hydrogen-bond donors (Lipinski definition) is 1. The molecule has 1 fully saturated rings. The Morgan fingerprint density at radius 2 is 2.13 bits per heavy atom. The van der Waals surface area contributed by atoms with Crippen molar-refractivity contribution < 1.29 is 19.1 Å². The number of piperazine rings is 1. The minimum atomic E-state index is -0.506. The number of rotatable bonds is 8. The maximum atomic E-state index is 12.3. The van der Waals surface area contributed by atoms with Gasteiger partial charge in [-0.15, -0.1) is 0 Å². The summed E-state index contributed by atoms with van der Waals surface area (Å²) in [6.45, 7) is 5.18. The molecule has 1 heterocycles. The van der Waals surface area contributed by atoms with Crippen molar-refractivity contribution in [2.75, 3.05) is 32.8 Å². The van der Waals surface area contributed by atoms with Crippen LogP contribution in [0.5, 0.6) is 0 Å². The topological polar surface area (TPSA) is 67.9 Å². The summed E-state index contributed by atoms with van der Waals surface area (Å²) >= 11 is 0. The average Bonchev–Trinajstić information content (AvgIpc) is 2.57. The second-order valence-corrected chi connectivity index (χ2v) is 5.38. The number of ether oxygens (including phenoxy) is 2. The van der Waals surface area contributed by atoms with Crippen molar-refractivity contribution in [1.82, 2.24) is 10.2 Å². The lowest BCUT2D eigenvalue weighted by Gasteiger charge is -2.32. The molecule has 2 rings (SSSR count). The Bertz CT molecular complexity index is 507. The molecule has 1 aliphatic rings. The van der Waals surface area contributed by atoms with E-state index < -0.39 is 6.04 Å². The molecule has 1 amide bonds. The number of amides is 1. The average molecular weight is 320 g/mol. The SMILES string of the molecule is CCOCCN1CCNC(CC(=O)OCc2ccccc2)C1=O. The first-order valence-electron chi connectivity index (χ1n) is 8.00. The minimum Gasteiger partial charge on any atom is -0.461 e. The third-order valence-corrected chi connectivity index (χ3v) is 3.71. The number of carbonyl (C=O) groups excluding carboxylic acids is 2. The largest absolute Gasteiger partial charge is 0.461 e. The molecule has 1 N–H and O–H groups in total. The summed E-state index contributed by atoms with van der Waals surface area (Å²) in [5.41, 5.74) is 0.933. The van der Waals surface area contributed by atoms with Gasteiger partial charge in [0.1, 0.15) is 6.61 Å². The van der Waals surface area contributed by atoms with Crippen LogP contribution < -0.4 is 5.32 Å². The van der Waals surface area contributed by atoms with Crippen LogP contribution in [0, 0.1) is 0 Å². The highest BCUT2D eigenvalue weighted by Crippen LogP contribution is 2.08. The van der Waals surface area contributed by atoms with Gasteiger partial charge < -0.3 is 19.7 Å². The molecule has 0 spiro atoms. The van der Waals surface area contributed by atoms with Crippen molar-refractivity contribution in [1.29, 1.82) is 0 Å². The fourth-order valence-electron chi connectivity index (χ4n) is 2.46. The first kappa shape index (κ1) is 17.4. The highest BCUT2D eigenvalue weighted by molar-refractivity contribution is 5.87. The van der Waals surface area contributed by atoms with E-state index in [1.807, 2.05) is 37.3 Å². The lowest BCUT2D eigenvalue weighted by Crippen LogP contribution is -2.56. The Balaban J connectivity index is 1.76. The normalized spacial score (nSPS) is 18.0. The van der Waals surface area contributed by atoms with Crippen molar-refractivity contribution in [3.05, 3.63) is 35.9 Å². The molecule has 0 aromatic heterocycles. The number of esters is 1. The lowest BCUT2D eigenvalue weighted by atomic mass is 10.1. The van der Waals surface area contributed by atoms with Gasteiger partial charge >= 0.3 is 5.97 Å². The molecule has 126 valence electrons. The first-order chi connectivity index (χ1) is 11.2. The van der Waals surface area contributed by atoms with Crippen molar-refractivity contribution in [2.24, 2.45) is 0 Å². The summed E-state index contributed by atoms with van der Waals surface area (Å²) in [5.74, 6) is -0.432. The molecule has 1 saturated heterocycles. The molecular weight excluding hydrogens is 296 g/mol. The van der Waals surface area contributed by atoms with Gasteiger partial charge in [0.25, 0.3) is 0 Å². The van der Waals surface area contributed by atoms with Crippen LogP contribution in [0.25, 0.3) is 0 Å². The van der Waals surface area contributed by atoms with Crippen LogP contribution in [0.1, 0.15) is 18.9 Å². The van der Waals surface area contributed by atoms with Gasteiger partial charge in [-0.05, 0) is 12.5 Å². The first-order valence-corrected chi connectivity index (χ1v) is 8.00. The zero-order valence-corrected chi connectivity index (χ0v) is 13.5. The molecular formula is C17H24N2O4. The fraction of sp³-hybridized carbons (Fsp3) is 0.529. The van der Waals surface area contributed by atoms with Crippen LogP contribution >= 0.6 is 0 Å². The molecule has 0 bridgehead atoms. The van der Waals surface area contributed by atoms with E-state index in [1.165, 1.54) is 0 Å². The van der Waals surface area contributed by atoms with Crippen LogP contribution in [0.2, 0.25) is 0 Å². The van der Waals surface area contributed by atoms with Gasteiger partial charge in [0.05, 0.1) is 19.1 Å². The van der Waals surface area contributed by atoms with Gasteiger partial charge in [0, 0.05) is 26.2 Å². The van der Waals surface area contributed by atoms with E-state index in [2.05, 4.69) is 5.32 Å². The van der Waals surface area contributed by atoms with E-state index in [-0.39, 0.29) is 24.9 Å². The van der Waals surface area contributed by atoms with Crippen molar-refractivity contribution in [3.63, 3.8) is 0 Å². The van der Waals surface area contributed by atoms with Gasteiger partial charge in [-0.25, -0.2) is 0 Å². The molecule has 6 heteroatoms. The third kappa shape index (κ3) is 5.65. The number of benzene rings is 1. The fourth-order valence-corrected chi connectivity index (χ4v) is 2.46. The summed E-state index contributed by atoms with van der Waals surface area (Å²) in [6, 6.07) is 8.98. The standard InChI is InChI=1S/C17H24N2O4/c1-2-22-11-10-19-9-8-18-15(17(19)21)12-16(20)23-13-14-6-4-3-5-7-14/h3-7,15,18H,2,8-13H2,1H3. The van der Waals surface area contributed by atoms with Crippen LogP contribution in [0.15, 0.2) is 30.3 Å². The molecule has 6 nitrogen and oxygen atoms in total. The van der Waals surface area contributed by atoms with Crippen molar-refractivity contribution >= 4 is 11.9 Å². The molecule has 23 heavy (non-hydrogen) atoms. The number of nitrogens with one attached hydrogen (secondary N) is 1. The number of nitrogens with zero attached hydrogens (tertiary/aromatic N) is 1. The quantitative estimate of drug-likeness (QED) is 0.571. The Hall–Kier alpha value is -1.92. The third-order valence-electron chi connectivity index (χ3n) is 3.71. The van der Waals surface area contributed by atoms with E-state index in [9.17, 15) is 9.59 Å². The van der Waals surface area contributed by atoms with Crippen LogP contribution in [0.3, 0.4) is 0 Å². The predicted octanol–water partition coefficient (Wildman–Crippen LogP) is 0.957. The van der Waals surface area contributed by atoms with E-state index in [0.717, 1.165) is 5.56 Å². The zero-order valence-electron chi connectivity index (χ0n) is 13.5. The van der Waals surface area contributed by atoms with Crippen molar-refractivity contribution in [2.45, 2.75) is 26.0 Å². The second kappa shape index (κ2) is 9.27. The zero-order chi connectivity index (χ0) is 16.5. The molecule has 0 aliphatic carbocycles. The summed E-state index contributed by atoms with van der Waals surface area (Å²) in [4.78, 5) is 26.0. The molecule has 1 aliphatic heterocycles. The van der Waals surface area contributed by atoms with Crippen LogP contribution in [-0.4, -0.2) is 55.7 Å². The Morgan fingerprint density at radius 1 is 1.35 bits per heavy atom. The van der Waals surface area contributed by atoms with Crippen LogP contribution in [-0.2, 0) is 25.7 Å². The molecule has 1 atom stereocenters. The summed E-state index contributed by atoms with van der Waals surface area (Å²) < 4.78 is 10.5. The van der Waals surface area contributed by atoms with Gasteiger partial charge in [-0.3, -0.25) is 9.59 Å². The monoisotopic (exact) mass is 320 g/mol. The number of hydrogen-bond acceptors (Lipinski definition) is 5. The Kier molecular flexibility index (Phi) is 7.03.